The number of carboxylic acid groups (broad SMARTS) is 1. The lowest BCUT2D eigenvalue weighted by Gasteiger charge is -2.18. The average Bonchev–Trinajstić information content (AvgIpc) is 2.53. The van der Waals surface area contributed by atoms with Crippen LogP contribution in [-0.4, -0.2) is 51.2 Å². The molecule has 0 radical (unpaired) electrons. The Balaban J connectivity index is 2.83. The summed E-state index contributed by atoms with van der Waals surface area (Å²) in [5.74, 6) is -1.86. The second kappa shape index (κ2) is 10.1. The first-order valence-corrected chi connectivity index (χ1v) is 9.40. The maximum atomic E-state index is 12.3. The van der Waals surface area contributed by atoms with Crippen LogP contribution in [0.1, 0.15) is 23.7 Å². The lowest BCUT2D eigenvalue weighted by Crippen LogP contribution is -2.46. The van der Waals surface area contributed by atoms with Crippen molar-refractivity contribution in [1.29, 1.82) is 0 Å². The summed E-state index contributed by atoms with van der Waals surface area (Å²) >= 11 is 2.01. The summed E-state index contributed by atoms with van der Waals surface area (Å²) in [6.45, 7) is 1.30. The van der Waals surface area contributed by atoms with Crippen molar-refractivity contribution in [1.82, 2.24) is 5.32 Å². The number of carbonyl (C=O) groups excluding carboxylic acids is 3. The highest BCUT2D eigenvalue weighted by Gasteiger charge is 2.28. The molecule has 0 fully saturated rings. The Kier molecular flexibility index (Phi) is 8.56. The SMILES string of the molecule is CSC[C@H](NC(=O)C(CC(=O)c1ccccc1)SC(C)=O)C(=O)O. The van der Waals surface area contributed by atoms with Crippen LogP contribution in [0.15, 0.2) is 30.3 Å². The largest absolute Gasteiger partial charge is 0.480 e. The number of nitrogens with one attached hydrogen (secondary N) is 1. The second-order valence-corrected chi connectivity index (χ2v) is 7.24. The van der Waals surface area contributed by atoms with Crippen LogP contribution in [0.3, 0.4) is 0 Å². The number of aliphatic carboxylic acids is 1. The van der Waals surface area contributed by atoms with Crippen LogP contribution in [0.4, 0.5) is 0 Å². The molecule has 1 rings (SSSR count). The Bertz CT molecular complexity index is 606. The van der Waals surface area contributed by atoms with Crippen molar-refractivity contribution in [2.24, 2.45) is 0 Å². The van der Waals surface area contributed by atoms with E-state index in [1.54, 1.807) is 36.6 Å². The number of carbonyl (C=O) groups is 4. The molecule has 1 amide bonds. The number of benzene rings is 1. The van der Waals surface area contributed by atoms with Crippen LogP contribution in [0, 0.1) is 0 Å². The predicted molar refractivity (Wildman–Crippen MR) is 95.4 cm³/mol. The van der Waals surface area contributed by atoms with Gasteiger partial charge in [0.1, 0.15) is 6.04 Å². The molecule has 0 aliphatic heterocycles. The fraction of sp³-hybridized carbons (Fsp3) is 0.375. The van der Waals surface area contributed by atoms with Gasteiger partial charge in [0.25, 0.3) is 0 Å². The Hall–Kier alpha value is -1.80. The van der Waals surface area contributed by atoms with E-state index in [0.29, 0.717) is 5.56 Å². The summed E-state index contributed by atoms with van der Waals surface area (Å²) in [7, 11) is 0. The van der Waals surface area contributed by atoms with Gasteiger partial charge in [-0.15, -0.1) is 0 Å². The molecule has 1 aromatic carbocycles. The van der Waals surface area contributed by atoms with E-state index in [0.717, 1.165) is 11.8 Å². The number of rotatable bonds is 9. The Labute approximate surface area is 148 Å². The fourth-order valence-electron chi connectivity index (χ4n) is 1.90. The number of carboxylic acids is 1. The zero-order valence-corrected chi connectivity index (χ0v) is 15.0. The number of ketones is 1. The highest BCUT2D eigenvalue weighted by Crippen LogP contribution is 2.19. The van der Waals surface area contributed by atoms with Crippen molar-refractivity contribution < 1.29 is 24.3 Å². The van der Waals surface area contributed by atoms with Crippen LogP contribution >= 0.6 is 23.5 Å². The molecule has 0 saturated heterocycles. The number of Topliss-reactive ketones (excluding diaryl/α,β-unsaturated/α-hetero) is 1. The minimum atomic E-state index is -1.15. The molecular weight excluding hydrogens is 350 g/mol. The molecule has 0 heterocycles. The van der Waals surface area contributed by atoms with Gasteiger partial charge >= 0.3 is 5.97 Å². The topological polar surface area (TPSA) is 101 Å². The molecule has 0 saturated carbocycles. The summed E-state index contributed by atoms with van der Waals surface area (Å²) in [5.41, 5.74) is 0.443. The monoisotopic (exact) mass is 369 g/mol. The van der Waals surface area contributed by atoms with Gasteiger partial charge in [0.2, 0.25) is 5.91 Å². The van der Waals surface area contributed by atoms with Crippen molar-refractivity contribution in [3.05, 3.63) is 35.9 Å². The van der Waals surface area contributed by atoms with E-state index in [4.69, 9.17) is 5.11 Å². The van der Waals surface area contributed by atoms with E-state index in [-0.39, 0.29) is 23.1 Å². The van der Waals surface area contributed by atoms with Crippen molar-refractivity contribution >= 4 is 46.3 Å². The van der Waals surface area contributed by atoms with Gasteiger partial charge in [0, 0.05) is 24.7 Å². The van der Waals surface area contributed by atoms with Crippen molar-refractivity contribution in [3.63, 3.8) is 0 Å². The van der Waals surface area contributed by atoms with Crippen LogP contribution in [0.25, 0.3) is 0 Å². The molecule has 2 atom stereocenters. The van der Waals surface area contributed by atoms with E-state index in [1.807, 2.05) is 0 Å². The molecule has 24 heavy (non-hydrogen) atoms. The van der Waals surface area contributed by atoms with E-state index in [2.05, 4.69) is 5.32 Å². The molecule has 0 bridgehead atoms. The summed E-state index contributed by atoms with van der Waals surface area (Å²) in [6.07, 6.45) is 1.55. The standard InChI is InChI=1S/C16H19NO5S2/c1-10(18)24-14(8-13(19)11-6-4-3-5-7-11)15(20)17-12(9-23-2)16(21)22/h3-7,12,14H,8-9H2,1-2H3,(H,17,20)(H,21,22)/t12-,14?/m0/s1. The summed E-state index contributed by atoms with van der Waals surface area (Å²) < 4.78 is 0. The van der Waals surface area contributed by atoms with Crippen LogP contribution in [0.2, 0.25) is 0 Å². The minimum Gasteiger partial charge on any atom is -0.480 e. The van der Waals surface area contributed by atoms with Crippen LogP contribution in [-0.2, 0) is 14.4 Å². The normalized spacial score (nSPS) is 12.9. The van der Waals surface area contributed by atoms with Crippen LogP contribution < -0.4 is 5.32 Å². The Morgan fingerprint density at radius 3 is 2.29 bits per heavy atom. The van der Waals surface area contributed by atoms with Gasteiger partial charge in [-0.05, 0) is 6.26 Å². The highest BCUT2D eigenvalue weighted by molar-refractivity contribution is 8.14. The predicted octanol–water partition coefficient (Wildman–Crippen LogP) is 1.84. The highest BCUT2D eigenvalue weighted by atomic mass is 32.2. The molecule has 2 N–H and O–H groups in total. The van der Waals surface area contributed by atoms with Gasteiger partial charge in [-0.3, -0.25) is 14.4 Å². The number of hydrogen-bond acceptors (Lipinski definition) is 6. The second-order valence-electron chi connectivity index (χ2n) is 4.95. The van der Waals surface area contributed by atoms with Crippen molar-refractivity contribution in [3.8, 4) is 0 Å². The quantitative estimate of drug-likeness (QED) is 0.641. The average molecular weight is 369 g/mol. The lowest BCUT2D eigenvalue weighted by molar-refractivity contribution is -0.141. The third-order valence-electron chi connectivity index (χ3n) is 3.02. The smallest absolute Gasteiger partial charge is 0.327 e. The van der Waals surface area contributed by atoms with Gasteiger partial charge in [0.05, 0.1) is 5.25 Å². The maximum absolute atomic E-state index is 12.3. The molecule has 8 heteroatoms. The first kappa shape index (κ1) is 20.2. The van der Waals surface area contributed by atoms with Gasteiger partial charge < -0.3 is 10.4 Å². The van der Waals surface area contributed by atoms with E-state index < -0.39 is 23.2 Å². The zero-order chi connectivity index (χ0) is 18.1. The van der Waals surface area contributed by atoms with Crippen LogP contribution in [0.5, 0.6) is 0 Å². The van der Waals surface area contributed by atoms with Gasteiger partial charge in [-0.2, -0.15) is 11.8 Å². The van der Waals surface area contributed by atoms with Gasteiger partial charge in [-0.1, -0.05) is 42.1 Å². The molecule has 0 aliphatic carbocycles. The van der Waals surface area contributed by atoms with E-state index >= 15 is 0 Å². The summed E-state index contributed by atoms with van der Waals surface area (Å²) in [4.78, 5) is 47.1. The molecule has 0 aromatic heterocycles. The number of thioether (sulfide) groups is 2. The first-order chi connectivity index (χ1) is 11.3. The molecule has 6 nitrogen and oxygen atoms in total. The molecule has 0 spiro atoms. The fourth-order valence-corrected chi connectivity index (χ4v) is 3.27. The van der Waals surface area contributed by atoms with Crippen molar-refractivity contribution in [2.45, 2.75) is 24.6 Å². The lowest BCUT2D eigenvalue weighted by atomic mass is 10.1. The summed E-state index contributed by atoms with van der Waals surface area (Å²) in [6, 6.07) is 7.38. The maximum Gasteiger partial charge on any atom is 0.327 e. The molecule has 1 aromatic rings. The summed E-state index contributed by atoms with van der Waals surface area (Å²) in [5, 5.41) is 10.2. The zero-order valence-electron chi connectivity index (χ0n) is 13.4. The molecule has 0 aliphatic rings. The molecular formula is C16H19NO5S2. The number of hydrogen-bond donors (Lipinski definition) is 2. The van der Waals surface area contributed by atoms with E-state index in [1.165, 1.54) is 18.7 Å². The Morgan fingerprint density at radius 2 is 1.79 bits per heavy atom. The van der Waals surface area contributed by atoms with E-state index in [9.17, 15) is 19.2 Å². The molecule has 130 valence electrons. The van der Waals surface area contributed by atoms with Gasteiger partial charge in [-0.25, -0.2) is 4.79 Å². The third-order valence-corrected chi connectivity index (χ3v) is 4.68. The number of amides is 1. The van der Waals surface area contributed by atoms with Gasteiger partial charge in [0.15, 0.2) is 10.9 Å². The minimum absolute atomic E-state index is 0.175. The third kappa shape index (κ3) is 6.76. The Morgan fingerprint density at radius 1 is 1.17 bits per heavy atom. The first-order valence-electron chi connectivity index (χ1n) is 7.12. The van der Waals surface area contributed by atoms with Crippen molar-refractivity contribution in [2.75, 3.05) is 12.0 Å². The molecule has 1 unspecified atom stereocenters.